The predicted molar refractivity (Wildman–Crippen MR) is 88.7 cm³/mol. The second-order valence-electron chi connectivity index (χ2n) is 5.59. The second kappa shape index (κ2) is 6.64. The van der Waals surface area contributed by atoms with E-state index in [0.29, 0.717) is 11.9 Å². The van der Waals surface area contributed by atoms with Gasteiger partial charge < -0.3 is 14.5 Å². The van der Waals surface area contributed by atoms with Crippen LogP contribution in [0.3, 0.4) is 0 Å². The van der Waals surface area contributed by atoms with Gasteiger partial charge in [-0.25, -0.2) is 4.98 Å². The Balaban J connectivity index is 1.73. The molecule has 0 spiro atoms. The number of nitrogens with zero attached hydrogens (tertiary/aromatic N) is 4. The number of benzene rings is 1. The summed E-state index contributed by atoms with van der Waals surface area (Å²) in [5.74, 6) is 1.33. The monoisotopic (exact) mass is 298 g/mol. The van der Waals surface area contributed by atoms with Crippen molar-refractivity contribution in [2.75, 3.05) is 37.0 Å². The Morgan fingerprint density at radius 3 is 2.82 bits per heavy atom. The SMILES string of the molecule is COc1ccnc(N(C)C2CCCN(c3ccccc3)C2)n1. The third-order valence-corrected chi connectivity index (χ3v) is 4.21. The molecule has 2 aromatic rings. The van der Waals surface area contributed by atoms with Crippen molar-refractivity contribution in [1.82, 2.24) is 9.97 Å². The zero-order valence-corrected chi connectivity index (χ0v) is 13.1. The molecule has 0 amide bonds. The van der Waals surface area contributed by atoms with Gasteiger partial charge in [0.05, 0.1) is 7.11 Å². The Hall–Kier alpha value is -2.30. The zero-order chi connectivity index (χ0) is 15.4. The summed E-state index contributed by atoms with van der Waals surface area (Å²) in [5.41, 5.74) is 1.28. The number of piperidine rings is 1. The maximum Gasteiger partial charge on any atom is 0.228 e. The van der Waals surface area contributed by atoms with Gasteiger partial charge in [0.25, 0.3) is 0 Å². The van der Waals surface area contributed by atoms with Crippen LogP contribution in [0.5, 0.6) is 5.88 Å². The van der Waals surface area contributed by atoms with Gasteiger partial charge in [0.2, 0.25) is 11.8 Å². The van der Waals surface area contributed by atoms with Crippen molar-refractivity contribution in [1.29, 1.82) is 0 Å². The third-order valence-electron chi connectivity index (χ3n) is 4.21. The molecule has 0 radical (unpaired) electrons. The van der Waals surface area contributed by atoms with Crippen molar-refractivity contribution in [3.8, 4) is 5.88 Å². The largest absolute Gasteiger partial charge is 0.481 e. The normalized spacial score (nSPS) is 18.1. The Labute approximate surface area is 131 Å². The molecule has 0 aliphatic carbocycles. The van der Waals surface area contributed by atoms with Crippen molar-refractivity contribution in [2.24, 2.45) is 0 Å². The van der Waals surface area contributed by atoms with Gasteiger partial charge in [-0.15, -0.1) is 0 Å². The number of hydrogen-bond acceptors (Lipinski definition) is 5. The van der Waals surface area contributed by atoms with E-state index in [-0.39, 0.29) is 0 Å². The van der Waals surface area contributed by atoms with Crippen molar-refractivity contribution < 1.29 is 4.74 Å². The minimum absolute atomic E-state index is 0.404. The zero-order valence-electron chi connectivity index (χ0n) is 13.1. The molecule has 1 fully saturated rings. The van der Waals surface area contributed by atoms with Crippen molar-refractivity contribution in [3.05, 3.63) is 42.6 Å². The first-order valence-electron chi connectivity index (χ1n) is 7.68. The smallest absolute Gasteiger partial charge is 0.228 e. The highest BCUT2D eigenvalue weighted by molar-refractivity contribution is 5.47. The van der Waals surface area contributed by atoms with Gasteiger partial charge in [-0.1, -0.05) is 18.2 Å². The maximum absolute atomic E-state index is 5.19. The number of para-hydroxylation sites is 1. The highest BCUT2D eigenvalue weighted by Gasteiger charge is 2.25. The van der Waals surface area contributed by atoms with Crippen LogP contribution in [-0.4, -0.2) is 43.3 Å². The minimum atomic E-state index is 0.404. The van der Waals surface area contributed by atoms with E-state index in [0.717, 1.165) is 25.5 Å². The lowest BCUT2D eigenvalue weighted by atomic mass is 10.0. The molecule has 0 saturated carbocycles. The fraction of sp³-hybridized carbons (Fsp3) is 0.412. The van der Waals surface area contributed by atoms with E-state index in [1.165, 1.54) is 12.1 Å². The first kappa shape index (κ1) is 14.6. The van der Waals surface area contributed by atoms with Gasteiger partial charge in [0.1, 0.15) is 0 Å². The van der Waals surface area contributed by atoms with Crippen LogP contribution in [0.15, 0.2) is 42.6 Å². The van der Waals surface area contributed by atoms with Crippen LogP contribution in [0.4, 0.5) is 11.6 Å². The van der Waals surface area contributed by atoms with E-state index in [1.54, 1.807) is 19.4 Å². The standard InChI is InChI=1S/C17H22N4O/c1-20(17-18-11-10-16(19-17)22-2)15-9-6-12-21(13-15)14-7-4-3-5-8-14/h3-5,7-8,10-11,15H,6,9,12-13H2,1-2H3. The lowest BCUT2D eigenvalue weighted by molar-refractivity contribution is 0.395. The lowest BCUT2D eigenvalue weighted by Gasteiger charge is -2.38. The van der Waals surface area contributed by atoms with Crippen LogP contribution in [0.2, 0.25) is 0 Å². The van der Waals surface area contributed by atoms with Gasteiger partial charge in [0, 0.05) is 44.1 Å². The molecule has 0 bridgehead atoms. The highest BCUT2D eigenvalue weighted by atomic mass is 16.5. The average Bonchev–Trinajstić information content (AvgIpc) is 2.62. The van der Waals surface area contributed by atoms with Crippen LogP contribution in [0.25, 0.3) is 0 Å². The summed E-state index contributed by atoms with van der Waals surface area (Å²) < 4.78 is 5.19. The van der Waals surface area contributed by atoms with Gasteiger partial charge >= 0.3 is 0 Å². The highest BCUT2D eigenvalue weighted by Crippen LogP contribution is 2.24. The average molecular weight is 298 g/mol. The Bertz CT molecular complexity index is 605. The Kier molecular flexibility index (Phi) is 4.42. The fourth-order valence-electron chi connectivity index (χ4n) is 2.92. The van der Waals surface area contributed by atoms with E-state index < -0.39 is 0 Å². The molecule has 1 unspecified atom stereocenters. The summed E-state index contributed by atoms with van der Waals surface area (Å²) in [7, 11) is 3.69. The molecule has 1 aliphatic heterocycles. The number of ether oxygens (including phenoxy) is 1. The van der Waals surface area contributed by atoms with Gasteiger partial charge in [-0.2, -0.15) is 4.98 Å². The van der Waals surface area contributed by atoms with Crippen molar-refractivity contribution in [2.45, 2.75) is 18.9 Å². The van der Waals surface area contributed by atoms with Gasteiger partial charge in [-0.3, -0.25) is 0 Å². The molecule has 5 nitrogen and oxygen atoms in total. The number of likely N-dealkylation sites (N-methyl/N-ethyl adjacent to an activating group) is 1. The van der Waals surface area contributed by atoms with E-state index in [2.05, 4.69) is 57.1 Å². The summed E-state index contributed by atoms with van der Waals surface area (Å²) in [4.78, 5) is 13.4. The van der Waals surface area contributed by atoms with E-state index in [1.807, 2.05) is 0 Å². The summed E-state index contributed by atoms with van der Waals surface area (Å²) in [6, 6.07) is 12.8. The molecule has 1 saturated heterocycles. The van der Waals surface area contributed by atoms with Crippen molar-refractivity contribution >= 4 is 11.6 Å². The number of hydrogen-bond donors (Lipinski definition) is 0. The Morgan fingerprint density at radius 2 is 2.05 bits per heavy atom. The van der Waals surface area contributed by atoms with E-state index >= 15 is 0 Å². The van der Waals surface area contributed by atoms with Crippen molar-refractivity contribution in [3.63, 3.8) is 0 Å². The van der Waals surface area contributed by atoms with Crippen LogP contribution in [0.1, 0.15) is 12.8 Å². The maximum atomic E-state index is 5.19. The van der Waals surface area contributed by atoms with Crippen LogP contribution < -0.4 is 14.5 Å². The second-order valence-corrected chi connectivity index (χ2v) is 5.59. The van der Waals surface area contributed by atoms with Crippen LogP contribution in [-0.2, 0) is 0 Å². The summed E-state index contributed by atoms with van der Waals surface area (Å²) in [6.07, 6.45) is 4.07. The molecule has 1 atom stereocenters. The van der Waals surface area contributed by atoms with Crippen LogP contribution in [0, 0.1) is 0 Å². The summed E-state index contributed by atoms with van der Waals surface area (Å²) >= 11 is 0. The molecule has 1 aliphatic rings. The quantitative estimate of drug-likeness (QED) is 0.868. The predicted octanol–water partition coefficient (Wildman–Crippen LogP) is 2.59. The summed E-state index contributed by atoms with van der Waals surface area (Å²) in [6.45, 7) is 2.09. The molecule has 1 aromatic carbocycles. The Morgan fingerprint density at radius 1 is 1.23 bits per heavy atom. The van der Waals surface area contributed by atoms with Gasteiger partial charge in [0.15, 0.2) is 0 Å². The number of rotatable bonds is 4. The molecule has 116 valence electrons. The molecule has 0 N–H and O–H groups in total. The van der Waals surface area contributed by atoms with E-state index in [9.17, 15) is 0 Å². The molecular weight excluding hydrogens is 276 g/mol. The minimum Gasteiger partial charge on any atom is -0.481 e. The fourth-order valence-corrected chi connectivity index (χ4v) is 2.92. The molecule has 22 heavy (non-hydrogen) atoms. The lowest BCUT2D eigenvalue weighted by Crippen LogP contribution is -2.47. The molecule has 2 heterocycles. The molecular formula is C17H22N4O. The topological polar surface area (TPSA) is 41.5 Å². The molecule has 5 heteroatoms. The number of aromatic nitrogens is 2. The first-order valence-corrected chi connectivity index (χ1v) is 7.68. The first-order chi connectivity index (χ1) is 10.8. The van der Waals surface area contributed by atoms with E-state index in [4.69, 9.17) is 4.74 Å². The third kappa shape index (κ3) is 3.13. The number of methoxy groups -OCH3 is 1. The van der Waals surface area contributed by atoms with Crippen LogP contribution >= 0.6 is 0 Å². The summed E-state index contributed by atoms with van der Waals surface area (Å²) in [5, 5.41) is 0. The molecule has 1 aromatic heterocycles. The molecule has 3 rings (SSSR count). The van der Waals surface area contributed by atoms with Gasteiger partial charge in [-0.05, 0) is 25.0 Å². The number of anilines is 2.